The number of rotatable bonds is 3. The van der Waals surface area contributed by atoms with Gasteiger partial charge in [-0.3, -0.25) is 9.69 Å². The summed E-state index contributed by atoms with van der Waals surface area (Å²) in [5.41, 5.74) is 3.23. The lowest BCUT2D eigenvalue weighted by Crippen LogP contribution is -2.48. The van der Waals surface area contributed by atoms with E-state index in [2.05, 4.69) is 29.2 Å². The molecule has 0 aliphatic carbocycles. The Morgan fingerprint density at radius 1 is 1.00 bits per heavy atom. The summed E-state index contributed by atoms with van der Waals surface area (Å²) in [6, 6.07) is 18.3. The van der Waals surface area contributed by atoms with E-state index in [0.717, 1.165) is 49.3 Å². The maximum absolute atomic E-state index is 12.7. The van der Waals surface area contributed by atoms with E-state index in [9.17, 15) is 4.79 Å². The predicted octanol–water partition coefficient (Wildman–Crippen LogP) is 3.70. The SMILES string of the molecule is Cc1ccc2cc(C(=O)N3CCN(Cc4ccccc4)CC3)oc2c1. The molecule has 4 nitrogen and oxygen atoms in total. The van der Waals surface area contributed by atoms with Gasteiger partial charge in [-0.25, -0.2) is 0 Å². The first-order valence-electron chi connectivity index (χ1n) is 8.75. The molecule has 1 saturated heterocycles. The molecular weight excluding hydrogens is 312 g/mol. The van der Waals surface area contributed by atoms with Crippen LogP contribution in [0.2, 0.25) is 0 Å². The van der Waals surface area contributed by atoms with E-state index in [0.29, 0.717) is 5.76 Å². The highest BCUT2D eigenvalue weighted by atomic mass is 16.3. The number of nitrogens with zero attached hydrogens (tertiary/aromatic N) is 2. The number of hydrogen-bond donors (Lipinski definition) is 0. The highest BCUT2D eigenvalue weighted by Gasteiger charge is 2.24. The van der Waals surface area contributed by atoms with Crippen molar-refractivity contribution in [3.05, 3.63) is 71.5 Å². The third kappa shape index (κ3) is 3.44. The zero-order valence-corrected chi connectivity index (χ0v) is 14.4. The van der Waals surface area contributed by atoms with Crippen LogP contribution in [0.25, 0.3) is 11.0 Å². The molecule has 0 atom stereocenters. The van der Waals surface area contributed by atoms with E-state index in [-0.39, 0.29) is 5.91 Å². The number of amides is 1. The Labute approximate surface area is 147 Å². The standard InChI is InChI=1S/C21H22N2O2/c1-16-7-8-18-14-20(25-19(18)13-16)21(24)23-11-9-22(10-12-23)15-17-5-3-2-4-6-17/h2-8,13-14H,9-12,15H2,1H3. The van der Waals surface area contributed by atoms with Crippen LogP contribution >= 0.6 is 0 Å². The second kappa shape index (κ2) is 6.73. The number of fused-ring (bicyclic) bond motifs is 1. The third-order valence-corrected chi connectivity index (χ3v) is 4.79. The van der Waals surface area contributed by atoms with Crippen molar-refractivity contribution in [2.75, 3.05) is 26.2 Å². The van der Waals surface area contributed by atoms with Gasteiger partial charge in [-0.2, -0.15) is 0 Å². The first kappa shape index (κ1) is 15.9. The summed E-state index contributed by atoms with van der Waals surface area (Å²) in [6.45, 7) is 6.21. The molecule has 3 aromatic rings. The Hall–Kier alpha value is -2.59. The van der Waals surface area contributed by atoms with Gasteiger partial charge in [0.05, 0.1) is 0 Å². The third-order valence-electron chi connectivity index (χ3n) is 4.79. The number of benzene rings is 2. The molecule has 25 heavy (non-hydrogen) atoms. The maximum Gasteiger partial charge on any atom is 0.289 e. The van der Waals surface area contributed by atoms with Gasteiger partial charge in [0.1, 0.15) is 5.58 Å². The molecule has 1 aliphatic heterocycles. The molecule has 2 heterocycles. The molecule has 1 aliphatic rings. The Balaban J connectivity index is 1.40. The number of carbonyl (C=O) groups is 1. The number of hydrogen-bond acceptors (Lipinski definition) is 3. The Morgan fingerprint density at radius 2 is 1.76 bits per heavy atom. The van der Waals surface area contributed by atoms with Gasteiger partial charge in [0.2, 0.25) is 0 Å². The summed E-state index contributed by atoms with van der Waals surface area (Å²) < 4.78 is 5.78. The second-order valence-corrected chi connectivity index (χ2v) is 6.71. The molecule has 1 amide bonds. The first-order valence-corrected chi connectivity index (χ1v) is 8.75. The Kier molecular flexibility index (Phi) is 4.28. The zero-order valence-electron chi connectivity index (χ0n) is 14.4. The minimum absolute atomic E-state index is 0.00628. The topological polar surface area (TPSA) is 36.7 Å². The van der Waals surface area contributed by atoms with E-state index >= 15 is 0 Å². The highest BCUT2D eigenvalue weighted by Crippen LogP contribution is 2.22. The Bertz CT molecular complexity index is 877. The smallest absolute Gasteiger partial charge is 0.289 e. The van der Waals surface area contributed by atoms with Gasteiger partial charge in [-0.05, 0) is 30.2 Å². The van der Waals surface area contributed by atoms with Crippen molar-refractivity contribution in [1.29, 1.82) is 0 Å². The van der Waals surface area contributed by atoms with Gasteiger partial charge >= 0.3 is 0 Å². The molecule has 1 fully saturated rings. The fourth-order valence-electron chi connectivity index (χ4n) is 3.35. The molecule has 0 unspecified atom stereocenters. The molecule has 0 spiro atoms. The van der Waals surface area contributed by atoms with Crippen LogP contribution in [-0.2, 0) is 6.54 Å². The van der Waals surface area contributed by atoms with Crippen LogP contribution in [-0.4, -0.2) is 41.9 Å². The van der Waals surface area contributed by atoms with E-state index < -0.39 is 0 Å². The van der Waals surface area contributed by atoms with Gasteiger partial charge in [-0.15, -0.1) is 0 Å². The van der Waals surface area contributed by atoms with Gasteiger partial charge in [0.25, 0.3) is 5.91 Å². The number of aryl methyl sites for hydroxylation is 1. The summed E-state index contributed by atoms with van der Waals surface area (Å²) in [6.07, 6.45) is 0. The fraction of sp³-hybridized carbons (Fsp3) is 0.286. The molecular formula is C21H22N2O2. The lowest BCUT2D eigenvalue weighted by atomic mass is 10.2. The Morgan fingerprint density at radius 3 is 2.52 bits per heavy atom. The zero-order chi connectivity index (χ0) is 17.2. The van der Waals surface area contributed by atoms with Crippen LogP contribution in [0.15, 0.2) is 59.0 Å². The van der Waals surface area contributed by atoms with E-state index in [1.807, 2.05) is 42.2 Å². The fourth-order valence-corrected chi connectivity index (χ4v) is 3.35. The number of carbonyl (C=O) groups excluding carboxylic acids is 1. The maximum atomic E-state index is 12.7. The quantitative estimate of drug-likeness (QED) is 0.733. The molecule has 1 aromatic heterocycles. The largest absolute Gasteiger partial charge is 0.451 e. The van der Waals surface area contributed by atoms with Crippen LogP contribution in [0.4, 0.5) is 0 Å². The van der Waals surface area contributed by atoms with Crippen molar-refractivity contribution in [1.82, 2.24) is 9.80 Å². The van der Waals surface area contributed by atoms with Gasteiger partial charge in [0.15, 0.2) is 5.76 Å². The minimum atomic E-state index is -0.00628. The van der Waals surface area contributed by atoms with Crippen molar-refractivity contribution < 1.29 is 9.21 Å². The summed E-state index contributed by atoms with van der Waals surface area (Å²) in [5, 5.41) is 0.983. The lowest BCUT2D eigenvalue weighted by Gasteiger charge is -2.34. The second-order valence-electron chi connectivity index (χ2n) is 6.71. The molecule has 0 radical (unpaired) electrons. The van der Waals surface area contributed by atoms with Crippen LogP contribution in [0.1, 0.15) is 21.7 Å². The summed E-state index contributed by atoms with van der Waals surface area (Å²) in [7, 11) is 0. The number of furan rings is 1. The average Bonchev–Trinajstić information content (AvgIpc) is 3.06. The number of piperazine rings is 1. The lowest BCUT2D eigenvalue weighted by molar-refractivity contribution is 0.0600. The predicted molar refractivity (Wildman–Crippen MR) is 98.6 cm³/mol. The van der Waals surface area contributed by atoms with E-state index in [4.69, 9.17) is 4.42 Å². The van der Waals surface area contributed by atoms with Gasteiger partial charge in [-0.1, -0.05) is 42.5 Å². The molecule has 4 heteroatoms. The van der Waals surface area contributed by atoms with Crippen LogP contribution < -0.4 is 0 Å². The van der Waals surface area contributed by atoms with Gasteiger partial charge < -0.3 is 9.32 Å². The summed E-state index contributed by atoms with van der Waals surface area (Å²) >= 11 is 0. The van der Waals surface area contributed by atoms with E-state index in [1.165, 1.54) is 5.56 Å². The normalized spacial score (nSPS) is 15.6. The molecule has 4 rings (SSSR count). The average molecular weight is 334 g/mol. The van der Waals surface area contributed by atoms with Crippen molar-refractivity contribution in [2.45, 2.75) is 13.5 Å². The van der Waals surface area contributed by atoms with Crippen molar-refractivity contribution in [2.24, 2.45) is 0 Å². The van der Waals surface area contributed by atoms with Crippen LogP contribution in [0.5, 0.6) is 0 Å². The van der Waals surface area contributed by atoms with Gasteiger partial charge in [0, 0.05) is 38.1 Å². The van der Waals surface area contributed by atoms with Crippen LogP contribution in [0.3, 0.4) is 0 Å². The van der Waals surface area contributed by atoms with Crippen molar-refractivity contribution in [3.63, 3.8) is 0 Å². The van der Waals surface area contributed by atoms with E-state index in [1.54, 1.807) is 0 Å². The molecule has 0 bridgehead atoms. The summed E-state index contributed by atoms with van der Waals surface area (Å²) in [5.74, 6) is 0.435. The minimum Gasteiger partial charge on any atom is -0.451 e. The van der Waals surface area contributed by atoms with Crippen molar-refractivity contribution in [3.8, 4) is 0 Å². The molecule has 2 aromatic carbocycles. The highest BCUT2D eigenvalue weighted by molar-refractivity contribution is 5.96. The van der Waals surface area contributed by atoms with Crippen LogP contribution in [0, 0.1) is 6.92 Å². The summed E-state index contributed by atoms with van der Waals surface area (Å²) in [4.78, 5) is 17.0. The molecule has 0 saturated carbocycles. The molecule has 0 N–H and O–H groups in total. The monoisotopic (exact) mass is 334 g/mol. The molecule has 128 valence electrons. The van der Waals surface area contributed by atoms with Crippen molar-refractivity contribution >= 4 is 16.9 Å². The first-order chi connectivity index (χ1) is 12.2.